The molecule has 1 fully saturated rings. The first-order valence-corrected chi connectivity index (χ1v) is 12.5. The monoisotopic (exact) mass is 464 g/mol. The van der Waals surface area contributed by atoms with Crippen LogP contribution in [0.1, 0.15) is 19.3 Å². The van der Waals surface area contributed by atoms with Crippen LogP contribution in [0.3, 0.4) is 0 Å². The Morgan fingerprint density at radius 2 is 1.97 bits per heavy atom. The van der Waals surface area contributed by atoms with Crippen LogP contribution in [0, 0.1) is 0 Å². The molecule has 1 aromatic heterocycles. The zero-order valence-electron chi connectivity index (χ0n) is 16.2. The topological polar surface area (TPSA) is 76.6 Å². The van der Waals surface area contributed by atoms with E-state index in [9.17, 15) is 13.2 Å². The molecule has 158 valence electrons. The lowest BCUT2D eigenvalue weighted by Gasteiger charge is -2.23. The van der Waals surface area contributed by atoms with Crippen LogP contribution in [0.25, 0.3) is 10.2 Å². The first-order valence-electron chi connectivity index (χ1n) is 9.68. The van der Waals surface area contributed by atoms with Crippen LogP contribution >= 0.6 is 22.9 Å². The van der Waals surface area contributed by atoms with E-state index in [4.69, 9.17) is 16.3 Å². The van der Waals surface area contributed by atoms with Crippen molar-refractivity contribution in [3.63, 3.8) is 0 Å². The molecule has 1 aliphatic heterocycles. The van der Waals surface area contributed by atoms with Crippen molar-refractivity contribution >= 4 is 54.0 Å². The predicted octanol–water partition coefficient (Wildman–Crippen LogP) is 4.33. The highest BCUT2D eigenvalue weighted by Gasteiger charge is 2.27. The number of benzene rings is 2. The van der Waals surface area contributed by atoms with Gasteiger partial charge in [-0.15, -0.1) is 0 Å². The van der Waals surface area contributed by atoms with Gasteiger partial charge in [-0.2, -0.15) is 0 Å². The minimum Gasteiger partial charge on any atom is -0.376 e. The fourth-order valence-corrected chi connectivity index (χ4v) is 5.72. The number of thiazole rings is 1. The molecule has 1 aliphatic rings. The molecule has 30 heavy (non-hydrogen) atoms. The molecule has 1 atom stereocenters. The summed E-state index contributed by atoms with van der Waals surface area (Å²) in [6.07, 6.45) is 1.64. The summed E-state index contributed by atoms with van der Waals surface area (Å²) >= 11 is 7.26. The van der Waals surface area contributed by atoms with Crippen LogP contribution in [0.15, 0.2) is 53.4 Å². The zero-order chi connectivity index (χ0) is 21.1. The summed E-state index contributed by atoms with van der Waals surface area (Å²) in [5.41, 5.74) is 0.816. The van der Waals surface area contributed by atoms with Gasteiger partial charge < -0.3 is 4.74 Å². The van der Waals surface area contributed by atoms with E-state index in [0.29, 0.717) is 23.3 Å². The van der Waals surface area contributed by atoms with Crippen LogP contribution in [-0.2, 0) is 19.4 Å². The molecule has 3 aromatic rings. The Balaban J connectivity index is 1.53. The Hall–Kier alpha value is -2.00. The number of ether oxygens (including phenoxy) is 1. The molecule has 0 bridgehead atoms. The highest BCUT2D eigenvalue weighted by atomic mass is 35.5. The molecule has 9 heteroatoms. The molecule has 0 radical (unpaired) electrons. The number of fused-ring (bicyclic) bond motifs is 1. The van der Waals surface area contributed by atoms with E-state index in [1.807, 2.05) is 24.3 Å². The summed E-state index contributed by atoms with van der Waals surface area (Å²) in [6, 6.07) is 13.7. The largest absolute Gasteiger partial charge is 0.376 e. The Morgan fingerprint density at radius 1 is 1.20 bits per heavy atom. The lowest BCUT2D eigenvalue weighted by molar-refractivity contribution is -0.118. The fourth-order valence-electron chi connectivity index (χ4n) is 3.37. The number of anilines is 1. The maximum absolute atomic E-state index is 13.1. The third-order valence-corrected chi connectivity index (χ3v) is 8.03. The van der Waals surface area contributed by atoms with Gasteiger partial charge in [0, 0.05) is 18.1 Å². The summed E-state index contributed by atoms with van der Waals surface area (Å²) in [6.45, 7) is 1.05. The van der Waals surface area contributed by atoms with E-state index < -0.39 is 9.84 Å². The Labute approximate surface area is 184 Å². The average molecular weight is 465 g/mol. The molecule has 2 heterocycles. The number of aromatic nitrogens is 1. The molecule has 4 rings (SSSR count). The molecular formula is C21H21ClN2O4S2. The summed E-state index contributed by atoms with van der Waals surface area (Å²) in [4.78, 5) is 19.4. The van der Waals surface area contributed by atoms with Crippen molar-refractivity contribution in [1.82, 2.24) is 4.98 Å². The second-order valence-electron chi connectivity index (χ2n) is 7.13. The quantitative estimate of drug-likeness (QED) is 0.520. The van der Waals surface area contributed by atoms with Crippen LogP contribution in [0.4, 0.5) is 5.13 Å². The number of carbonyl (C=O) groups is 1. The van der Waals surface area contributed by atoms with E-state index in [-0.39, 0.29) is 29.1 Å². The SMILES string of the molecule is O=C(CCS(=O)(=O)c1ccc(Cl)cc1)N(CC1CCCO1)c1nc2ccccc2s1. The van der Waals surface area contributed by atoms with Gasteiger partial charge in [0.2, 0.25) is 5.91 Å². The van der Waals surface area contributed by atoms with Gasteiger partial charge in [0.05, 0.1) is 33.5 Å². The molecule has 1 saturated heterocycles. The Morgan fingerprint density at radius 3 is 2.67 bits per heavy atom. The number of hydrogen-bond acceptors (Lipinski definition) is 6. The van der Waals surface area contributed by atoms with Gasteiger partial charge >= 0.3 is 0 Å². The third-order valence-electron chi connectivity index (χ3n) is 4.98. The van der Waals surface area contributed by atoms with Gasteiger partial charge in [-0.25, -0.2) is 13.4 Å². The molecule has 0 N–H and O–H groups in total. The van der Waals surface area contributed by atoms with Crippen molar-refractivity contribution in [3.8, 4) is 0 Å². The molecular weight excluding hydrogens is 444 g/mol. The second-order valence-corrected chi connectivity index (χ2v) is 10.7. The van der Waals surface area contributed by atoms with E-state index in [0.717, 1.165) is 23.1 Å². The van der Waals surface area contributed by atoms with Crippen molar-refractivity contribution in [2.75, 3.05) is 23.8 Å². The second kappa shape index (κ2) is 9.01. The molecule has 0 spiro atoms. The normalized spacial score (nSPS) is 16.8. The van der Waals surface area contributed by atoms with Crippen LogP contribution in [0.2, 0.25) is 5.02 Å². The number of sulfone groups is 1. The van der Waals surface area contributed by atoms with Gasteiger partial charge in [-0.1, -0.05) is 35.1 Å². The number of para-hydroxylation sites is 1. The van der Waals surface area contributed by atoms with Crippen molar-refractivity contribution in [1.29, 1.82) is 0 Å². The van der Waals surface area contributed by atoms with E-state index in [1.54, 1.807) is 4.90 Å². The van der Waals surface area contributed by atoms with E-state index in [1.165, 1.54) is 35.6 Å². The minimum atomic E-state index is -3.59. The van der Waals surface area contributed by atoms with Gasteiger partial charge in [0.1, 0.15) is 0 Å². The van der Waals surface area contributed by atoms with E-state index in [2.05, 4.69) is 4.98 Å². The number of rotatable bonds is 7. The average Bonchev–Trinajstić information content (AvgIpc) is 3.40. The van der Waals surface area contributed by atoms with Gasteiger partial charge in [0.25, 0.3) is 0 Å². The highest BCUT2D eigenvalue weighted by molar-refractivity contribution is 7.91. The summed E-state index contributed by atoms with van der Waals surface area (Å²) in [5, 5.41) is 1.03. The lowest BCUT2D eigenvalue weighted by Crippen LogP contribution is -2.38. The predicted molar refractivity (Wildman–Crippen MR) is 119 cm³/mol. The Kier molecular flexibility index (Phi) is 6.38. The van der Waals surface area contributed by atoms with Crippen LogP contribution < -0.4 is 4.90 Å². The van der Waals surface area contributed by atoms with E-state index >= 15 is 0 Å². The van der Waals surface area contributed by atoms with Crippen molar-refractivity contribution in [2.45, 2.75) is 30.3 Å². The molecule has 0 aliphatic carbocycles. The smallest absolute Gasteiger partial charge is 0.229 e. The number of halogens is 1. The van der Waals surface area contributed by atoms with Gasteiger partial charge in [-0.05, 0) is 49.2 Å². The summed E-state index contributed by atoms with van der Waals surface area (Å²) in [5.74, 6) is -0.553. The number of amides is 1. The first kappa shape index (κ1) is 21.2. The fraction of sp³-hybridized carbons (Fsp3) is 0.333. The summed E-state index contributed by atoms with van der Waals surface area (Å²) in [7, 11) is -3.59. The van der Waals surface area contributed by atoms with Crippen LogP contribution in [-0.4, -0.2) is 44.3 Å². The number of hydrogen-bond donors (Lipinski definition) is 0. The zero-order valence-corrected chi connectivity index (χ0v) is 18.5. The van der Waals surface area contributed by atoms with Gasteiger partial charge in [-0.3, -0.25) is 9.69 Å². The maximum atomic E-state index is 13.1. The lowest BCUT2D eigenvalue weighted by atomic mass is 10.2. The molecule has 1 unspecified atom stereocenters. The third kappa shape index (κ3) is 4.83. The maximum Gasteiger partial charge on any atom is 0.229 e. The number of nitrogens with zero attached hydrogens (tertiary/aromatic N) is 2. The number of carbonyl (C=O) groups excluding carboxylic acids is 1. The first-order chi connectivity index (χ1) is 14.4. The van der Waals surface area contributed by atoms with Crippen molar-refractivity contribution in [3.05, 3.63) is 53.6 Å². The standard InChI is InChI=1S/C21H21ClN2O4S2/c22-15-7-9-17(10-8-15)30(26,27)13-11-20(25)24(14-16-4-3-12-28-16)21-23-18-5-1-2-6-19(18)29-21/h1-2,5-10,16H,3-4,11-14H2. The molecule has 6 nitrogen and oxygen atoms in total. The molecule has 1 amide bonds. The highest BCUT2D eigenvalue weighted by Crippen LogP contribution is 2.30. The van der Waals surface area contributed by atoms with Crippen LogP contribution in [0.5, 0.6) is 0 Å². The minimum absolute atomic E-state index is 0.0613. The summed E-state index contributed by atoms with van der Waals surface area (Å²) < 4.78 is 32.0. The van der Waals surface area contributed by atoms with Gasteiger partial charge in [0.15, 0.2) is 15.0 Å². The molecule has 2 aromatic carbocycles. The Bertz CT molecular complexity index is 1110. The van der Waals surface area contributed by atoms with Crippen molar-refractivity contribution < 1.29 is 17.9 Å². The molecule has 0 saturated carbocycles. The van der Waals surface area contributed by atoms with Crippen molar-refractivity contribution in [2.24, 2.45) is 0 Å².